The zero-order valence-corrected chi connectivity index (χ0v) is 12.8. The molecule has 0 saturated carbocycles. The molecule has 1 aliphatic rings. The second-order valence-electron chi connectivity index (χ2n) is 4.59. The van der Waals surface area contributed by atoms with E-state index in [-0.39, 0.29) is 24.5 Å². The fraction of sp³-hybridized carbons (Fsp3) is 0.462. The molecule has 6 heteroatoms. The van der Waals surface area contributed by atoms with Crippen LogP contribution in [-0.4, -0.2) is 37.1 Å². The predicted octanol–water partition coefficient (Wildman–Crippen LogP) is 0.248. The standard InChI is InChI=1S/C13H15Cl2NO2.ClH/c1-16-4-2-3-12(8-16)18-13(17)9-5-10(14)7-11(15)6-9;/h5-7,12H,2-4,8H2,1H3;1H/p-1. The average molecular weight is 324 g/mol. The summed E-state index contributed by atoms with van der Waals surface area (Å²) in [5.74, 6) is -0.361. The second-order valence-corrected chi connectivity index (χ2v) is 5.46. The molecule has 1 atom stereocenters. The van der Waals surface area contributed by atoms with Crippen molar-refractivity contribution in [3.8, 4) is 0 Å². The van der Waals surface area contributed by atoms with Gasteiger partial charge in [0.15, 0.2) is 0 Å². The Labute approximate surface area is 129 Å². The Morgan fingerprint density at radius 3 is 2.53 bits per heavy atom. The van der Waals surface area contributed by atoms with Crippen molar-refractivity contribution < 1.29 is 21.9 Å². The van der Waals surface area contributed by atoms with Gasteiger partial charge < -0.3 is 22.0 Å². The van der Waals surface area contributed by atoms with E-state index >= 15 is 0 Å². The van der Waals surface area contributed by atoms with E-state index in [9.17, 15) is 4.79 Å². The molecule has 106 valence electrons. The number of piperidine rings is 1. The predicted molar refractivity (Wildman–Crippen MR) is 72.4 cm³/mol. The van der Waals surface area contributed by atoms with E-state index < -0.39 is 0 Å². The minimum atomic E-state index is -0.361. The van der Waals surface area contributed by atoms with Crippen LogP contribution in [0.25, 0.3) is 0 Å². The molecule has 1 fully saturated rings. The van der Waals surface area contributed by atoms with Crippen LogP contribution in [0.15, 0.2) is 18.2 Å². The van der Waals surface area contributed by atoms with Crippen molar-refractivity contribution in [2.24, 2.45) is 0 Å². The first-order valence-electron chi connectivity index (χ1n) is 5.90. The third kappa shape index (κ3) is 4.84. The lowest BCUT2D eigenvalue weighted by Gasteiger charge is -2.29. The van der Waals surface area contributed by atoms with Crippen LogP contribution in [0.4, 0.5) is 0 Å². The van der Waals surface area contributed by atoms with Crippen LogP contribution in [0.1, 0.15) is 23.2 Å². The Kier molecular flexibility index (Phi) is 6.40. The molecule has 1 saturated heterocycles. The number of likely N-dealkylation sites (tertiary alicyclic amines) is 1. The highest BCUT2D eigenvalue weighted by molar-refractivity contribution is 6.35. The van der Waals surface area contributed by atoms with Crippen molar-refractivity contribution in [1.29, 1.82) is 0 Å². The average Bonchev–Trinajstić information content (AvgIpc) is 2.27. The van der Waals surface area contributed by atoms with Crippen LogP contribution in [0.3, 0.4) is 0 Å². The van der Waals surface area contributed by atoms with Gasteiger partial charge in [0, 0.05) is 16.6 Å². The molecule has 0 radical (unpaired) electrons. The molecule has 19 heavy (non-hydrogen) atoms. The van der Waals surface area contributed by atoms with Gasteiger partial charge in [0.05, 0.1) is 5.56 Å². The number of likely N-dealkylation sites (N-methyl/N-ethyl adjacent to an activating group) is 1. The lowest BCUT2D eigenvalue weighted by Crippen LogP contribution is -3.00. The molecule has 0 aromatic heterocycles. The Morgan fingerprint density at radius 1 is 1.32 bits per heavy atom. The Bertz CT molecular complexity index is 433. The fourth-order valence-corrected chi connectivity index (χ4v) is 2.63. The molecule has 0 aliphatic carbocycles. The summed E-state index contributed by atoms with van der Waals surface area (Å²) in [5.41, 5.74) is 0.403. The molecule has 1 unspecified atom stereocenters. The van der Waals surface area contributed by atoms with E-state index in [4.69, 9.17) is 27.9 Å². The summed E-state index contributed by atoms with van der Waals surface area (Å²) in [6.45, 7) is 1.83. The van der Waals surface area contributed by atoms with Gasteiger partial charge in [0.25, 0.3) is 0 Å². The van der Waals surface area contributed by atoms with Crippen LogP contribution in [0, 0.1) is 0 Å². The molecule has 0 spiro atoms. The van der Waals surface area contributed by atoms with Crippen molar-refractivity contribution in [2.75, 3.05) is 20.1 Å². The second kappa shape index (κ2) is 7.34. The maximum atomic E-state index is 12.0. The van der Waals surface area contributed by atoms with Crippen molar-refractivity contribution >= 4 is 29.2 Å². The maximum absolute atomic E-state index is 12.0. The number of ether oxygens (including phenoxy) is 1. The number of rotatable bonds is 2. The Morgan fingerprint density at radius 2 is 1.95 bits per heavy atom. The van der Waals surface area contributed by atoms with Gasteiger partial charge in [-0.25, -0.2) is 4.79 Å². The largest absolute Gasteiger partial charge is 1.00 e. The van der Waals surface area contributed by atoms with Crippen molar-refractivity contribution in [1.82, 2.24) is 4.90 Å². The van der Waals surface area contributed by atoms with Crippen molar-refractivity contribution in [3.05, 3.63) is 33.8 Å². The van der Waals surface area contributed by atoms with E-state index in [2.05, 4.69) is 4.90 Å². The van der Waals surface area contributed by atoms with Crippen LogP contribution in [0.5, 0.6) is 0 Å². The van der Waals surface area contributed by atoms with Crippen molar-refractivity contribution in [2.45, 2.75) is 18.9 Å². The minimum absolute atomic E-state index is 0. The topological polar surface area (TPSA) is 29.5 Å². The van der Waals surface area contributed by atoms with Crippen LogP contribution >= 0.6 is 23.2 Å². The van der Waals surface area contributed by atoms with Crippen LogP contribution < -0.4 is 12.4 Å². The first-order valence-corrected chi connectivity index (χ1v) is 6.66. The molecule has 0 N–H and O–H groups in total. The highest BCUT2D eigenvalue weighted by Gasteiger charge is 2.21. The van der Waals surface area contributed by atoms with Gasteiger partial charge in [-0.2, -0.15) is 0 Å². The molecule has 0 amide bonds. The SMILES string of the molecule is CN1CCCC(OC(=O)c2cc(Cl)cc(Cl)c2)C1.[Cl-]. The molecule has 1 heterocycles. The number of esters is 1. The highest BCUT2D eigenvalue weighted by Crippen LogP contribution is 2.21. The van der Waals surface area contributed by atoms with Gasteiger partial charge in [-0.15, -0.1) is 0 Å². The van der Waals surface area contributed by atoms with E-state index in [0.29, 0.717) is 15.6 Å². The highest BCUT2D eigenvalue weighted by atomic mass is 35.5. The normalized spacial score (nSPS) is 19.6. The van der Waals surface area contributed by atoms with E-state index in [1.165, 1.54) is 0 Å². The molecule has 1 aromatic rings. The van der Waals surface area contributed by atoms with E-state index in [0.717, 1.165) is 25.9 Å². The summed E-state index contributed by atoms with van der Waals surface area (Å²) in [7, 11) is 2.02. The fourth-order valence-electron chi connectivity index (χ4n) is 2.11. The summed E-state index contributed by atoms with van der Waals surface area (Å²) in [5, 5.41) is 0.880. The molecule has 0 bridgehead atoms. The quantitative estimate of drug-likeness (QED) is 0.731. The van der Waals surface area contributed by atoms with E-state index in [1.807, 2.05) is 7.05 Å². The number of nitrogens with zero attached hydrogens (tertiary/aromatic N) is 1. The Balaban J connectivity index is 0.00000180. The molecular weight excluding hydrogens is 309 g/mol. The summed E-state index contributed by atoms with van der Waals surface area (Å²) in [6, 6.07) is 4.74. The third-order valence-electron chi connectivity index (χ3n) is 2.95. The number of hydrogen-bond donors (Lipinski definition) is 0. The number of benzene rings is 1. The lowest BCUT2D eigenvalue weighted by atomic mass is 10.1. The zero-order valence-electron chi connectivity index (χ0n) is 10.5. The summed E-state index contributed by atoms with van der Waals surface area (Å²) < 4.78 is 5.46. The van der Waals surface area contributed by atoms with Gasteiger partial charge in [0.1, 0.15) is 6.10 Å². The van der Waals surface area contributed by atoms with Crippen LogP contribution in [-0.2, 0) is 4.74 Å². The number of carbonyl (C=O) groups excluding carboxylic acids is 1. The van der Waals surface area contributed by atoms with Gasteiger partial charge >= 0.3 is 5.97 Å². The number of hydrogen-bond acceptors (Lipinski definition) is 3. The first-order chi connectivity index (χ1) is 8.54. The first kappa shape index (κ1) is 16.6. The number of carbonyl (C=O) groups is 1. The summed E-state index contributed by atoms with van der Waals surface area (Å²) in [6.07, 6.45) is 1.91. The van der Waals surface area contributed by atoms with Gasteiger partial charge in [-0.3, -0.25) is 0 Å². The monoisotopic (exact) mass is 322 g/mol. The summed E-state index contributed by atoms with van der Waals surface area (Å²) in [4.78, 5) is 14.1. The lowest BCUT2D eigenvalue weighted by molar-refractivity contribution is -0.0000820. The van der Waals surface area contributed by atoms with E-state index in [1.54, 1.807) is 18.2 Å². The Hall–Kier alpha value is -0.480. The smallest absolute Gasteiger partial charge is 0.338 e. The third-order valence-corrected chi connectivity index (χ3v) is 3.39. The van der Waals surface area contributed by atoms with Gasteiger partial charge in [0.2, 0.25) is 0 Å². The molecule has 1 aliphatic heterocycles. The molecular formula is C13H15Cl3NO2-. The van der Waals surface area contributed by atoms with Crippen molar-refractivity contribution in [3.63, 3.8) is 0 Å². The maximum Gasteiger partial charge on any atom is 0.338 e. The number of halogens is 3. The molecule has 1 aromatic carbocycles. The minimum Gasteiger partial charge on any atom is -1.00 e. The zero-order chi connectivity index (χ0) is 13.1. The van der Waals surface area contributed by atoms with Gasteiger partial charge in [-0.05, 0) is 44.6 Å². The van der Waals surface area contributed by atoms with Gasteiger partial charge in [-0.1, -0.05) is 23.2 Å². The molecule has 2 rings (SSSR count). The molecule has 3 nitrogen and oxygen atoms in total. The van der Waals surface area contributed by atoms with Crippen LogP contribution in [0.2, 0.25) is 10.0 Å². The summed E-state index contributed by atoms with van der Waals surface area (Å²) >= 11 is 11.7.